The molecule has 2 atom stereocenters. The molecule has 5 heteroatoms. The van der Waals surface area contributed by atoms with Gasteiger partial charge in [0.1, 0.15) is 0 Å². The topological polar surface area (TPSA) is 58.2 Å². The molecule has 1 aliphatic rings. The van der Waals surface area contributed by atoms with Gasteiger partial charge in [-0.2, -0.15) is 0 Å². The Morgan fingerprint density at radius 2 is 1.86 bits per heavy atom. The second kappa shape index (κ2) is 7.38. The van der Waals surface area contributed by atoms with Gasteiger partial charge in [0, 0.05) is 12.6 Å². The van der Waals surface area contributed by atoms with Crippen molar-refractivity contribution < 1.29 is 8.42 Å². The summed E-state index contributed by atoms with van der Waals surface area (Å²) >= 11 is 0. The average molecular weight is 310 g/mol. The Morgan fingerprint density at radius 3 is 2.62 bits per heavy atom. The molecule has 2 rings (SSSR count). The summed E-state index contributed by atoms with van der Waals surface area (Å²) in [4.78, 5) is 0.399. The summed E-state index contributed by atoms with van der Waals surface area (Å²) in [5.41, 5.74) is 0.814. The molecule has 0 bridgehead atoms. The van der Waals surface area contributed by atoms with Gasteiger partial charge in [0.2, 0.25) is 10.0 Å². The van der Waals surface area contributed by atoms with Crippen LogP contribution in [0.3, 0.4) is 0 Å². The highest BCUT2D eigenvalue weighted by Gasteiger charge is 2.26. The van der Waals surface area contributed by atoms with Gasteiger partial charge in [-0.05, 0) is 37.4 Å². The van der Waals surface area contributed by atoms with E-state index >= 15 is 0 Å². The smallest absolute Gasteiger partial charge is 0.241 e. The predicted octanol–water partition coefficient (Wildman–Crippen LogP) is 2.65. The first kappa shape index (κ1) is 16.5. The zero-order valence-corrected chi connectivity index (χ0v) is 13.7. The SMILES string of the molecule is CNCc1ccccc1S(=O)(=O)NC1CCCCCC1C. The lowest BCUT2D eigenvalue weighted by molar-refractivity contribution is 0.399. The minimum atomic E-state index is -3.45. The van der Waals surface area contributed by atoms with Gasteiger partial charge < -0.3 is 5.32 Å². The lowest BCUT2D eigenvalue weighted by Crippen LogP contribution is -2.39. The standard InChI is InChI=1S/C16H26N2O2S/c1-13-8-4-3-5-10-15(13)18-21(19,20)16-11-7-6-9-14(16)12-17-2/h6-7,9,11,13,15,17-18H,3-5,8,10,12H2,1-2H3. The molecule has 2 N–H and O–H groups in total. The highest BCUT2D eigenvalue weighted by atomic mass is 32.2. The minimum Gasteiger partial charge on any atom is -0.316 e. The van der Waals surface area contributed by atoms with Gasteiger partial charge in [0.15, 0.2) is 0 Å². The van der Waals surface area contributed by atoms with Crippen LogP contribution in [0.15, 0.2) is 29.2 Å². The van der Waals surface area contributed by atoms with Crippen LogP contribution in [0.25, 0.3) is 0 Å². The quantitative estimate of drug-likeness (QED) is 0.822. The monoisotopic (exact) mass is 310 g/mol. The van der Waals surface area contributed by atoms with Crippen LogP contribution in [0.1, 0.15) is 44.6 Å². The van der Waals surface area contributed by atoms with Crippen LogP contribution in [0.2, 0.25) is 0 Å². The van der Waals surface area contributed by atoms with Crippen molar-refractivity contribution in [3.8, 4) is 0 Å². The van der Waals surface area contributed by atoms with E-state index in [1.807, 2.05) is 19.2 Å². The molecule has 4 nitrogen and oxygen atoms in total. The maximum atomic E-state index is 12.7. The number of hydrogen-bond donors (Lipinski definition) is 2. The summed E-state index contributed by atoms with van der Waals surface area (Å²) in [6, 6.07) is 7.27. The van der Waals surface area contributed by atoms with E-state index in [1.165, 1.54) is 12.8 Å². The van der Waals surface area contributed by atoms with E-state index in [-0.39, 0.29) is 6.04 Å². The molecule has 0 amide bonds. The molecule has 1 aromatic carbocycles. The molecular weight excluding hydrogens is 284 g/mol. The summed E-state index contributed by atoms with van der Waals surface area (Å²) in [6.45, 7) is 2.70. The molecule has 1 aromatic rings. The van der Waals surface area contributed by atoms with Crippen molar-refractivity contribution in [2.45, 2.75) is 56.5 Å². The third-order valence-corrected chi connectivity index (χ3v) is 5.89. The molecule has 0 radical (unpaired) electrons. The molecular formula is C16H26N2O2S. The molecule has 0 aromatic heterocycles. The molecule has 0 heterocycles. The van der Waals surface area contributed by atoms with Crippen LogP contribution in [0.5, 0.6) is 0 Å². The van der Waals surface area contributed by atoms with Crippen LogP contribution >= 0.6 is 0 Å². The molecule has 0 aliphatic heterocycles. The first-order valence-corrected chi connectivity index (χ1v) is 9.28. The van der Waals surface area contributed by atoms with Crippen LogP contribution in [-0.2, 0) is 16.6 Å². The van der Waals surface area contributed by atoms with E-state index in [0.717, 1.165) is 24.8 Å². The summed E-state index contributed by atoms with van der Waals surface area (Å²) in [7, 11) is -1.63. The van der Waals surface area contributed by atoms with Gasteiger partial charge >= 0.3 is 0 Å². The molecule has 1 saturated carbocycles. The molecule has 1 fully saturated rings. The first-order chi connectivity index (χ1) is 10.0. The second-order valence-electron chi connectivity index (χ2n) is 5.98. The van der Waals surface area contributed by atoms with Crippen LogP contribution in [0, 0.1) is 5.92 Å². The Kier molecular flexibility index (Phi) is 5.79. The van der Waals surface area contributed by atoms with Gasteiger partial charge in [0.25, 0.3) is 0 Å². The molecule has 2 unspecified atom stereocenters. The largest absolute Gasteiger partial charge is 0.316 e. The molecule has 21 heavy (non-hydrogen) atoms. The maximum Gasteiger partial charge on any atom is 0.241 e. The van der Waals surface area contributed by atoms with Gasteiger partial charge in [-0.1, -0.05) is 44.4 Å². The highest BCUT2D eigenvalue weighted by Crippen LogP contribution is 2.25. The minimum absolute atomic E-state index is 0.0557. The van der Waals surface area contributed by atoms with Crippen molar-refractivity contribution in [2.75, 3.05) is 7.05 Å². The van der Waals surface area contributed by atoms with Crippen molar-refractivity contribution in [3.63, 3.8) is 0 Å². The van der Waals surface area contributed by atoms with E-state index in [9.17, 15) is 8.42 Å². The van der Waals surface area contributed by atoms with Gasteiger partial charge in [0.05, 0.1) is 4.90 Å². The zero-order chi connectivity index (χ0) is 15.3. The Morgan fingerprint density at radius 1 is 1.14 bits per heavy atom. The number of nitrogens with one attached hydrogen (secondary N) is 2. The van der Waals surface area contributed by atoms with Crippen molar-refractivity contribution in [2.24, 2.45) is 5.92 Å². The Balaban J connectivity index is 2.21. The van der Waals surface area contributed by atoms with Gasteiger partial charge in [-0.3, -0.25) is 0 Å². The summed E-state index contributed by atoms with van der Waals surface area (Å²) < 4.78 is 28.4. The Labute approximate surface area is 128 Å². The fourth-order valence-corrected chi connectivity index (χ4v) is 4.65. The van der Waals surface area contributed by atoms with Crippen LogP contribution in [-0.4, -0.2) is 21.5 Å². The molecule has 0 spiro atoms. The fraction of sp³-hybridized carbons (Fsp3) is 0.625. The van der Waals surface area contributed by atoms with Crippen LogP contribution < -0.4 is 10.0 Å². The third kappa shape index (κ3) is 4.28. The second-order valence-corrected chi connectivity index (χ2v) is 7.66. The summed E-state index contributed by atoms with van der Waals surface area (Å²) in [5.74, 6) is 0.402. The van der Waals surface area contributed by atoms with Gasteiger partial charge in [-0.25, -0.2) is 13.1 Å². The zero-order valence-electron chi connectivity index (χ0n) is 12.9. The van der Waals surface area contributed by atoms with Crippen molar-refractivity contribution >= 4 is 10.0 Å². The summed E-state index contributed by atoms with van der Waals surface area (Å²) in [5, 5.41) is 3.03. The van der Waals surface area contributed by atoms with Crippen molar-refractivity contribution in [1.29, 1.82) is 0 Å². The third-order valence-electron chi connectivity index (χ3n) is 4.30. The van der Waals surface area contributed by atoms with Gasteiger partial charge in [-0.15, -0.1) is 0 Å². The van der Waals surface area contributed by atoms with Crippen molar-refractivity contribution in [1.82, 2.24) is 10.0 Å². The first-order valence-electron chi connectivity index (χ1n) is 7.79. The Bertz CT molecular complexity index is 557. The molecule has 0 saturated heterocycles. The maximum absolute atomic E-state index is 12.7. The molecule has 118 valence electrons. The van der Waals surface area contributed by atoms with E-state index in [0.29, 0.717) is 17.4 Å². The number of hydrogen-bond acceptors (Lipinski definition) is 3. The lowest BCUT2D eigenvalue weighted by atomic mass is 9.98. The Hall–Kier alpha value is -0.910. The van der Waals surface area contributed by atoms with E-state index in [4.69, 9.17) is 0 Å². The van der Waals surface area contributed by atoms with E-state index in [1.54, 1.807) is 12.1 Å². The normalized spacial score (nSPS) is 23.7. The molecule has 1 aliphatic carbocycles. The van der Waals surface area contributed by atoms with Crippen LogP contribution in [0.4, 0.5) is 0 Å². The highest BCUT2D eigenvalue weighted by molar-refractivity contribution is 7.89. The lowest BCUT2D eigenvalue weighted by Gasteiger charge is -2.23. The van der Waals surface area contributed by atoms with E-state index < -0.39 is 10.0 Å². The number of benzene rings is 1. The summed E-state index contributed by atoms with van der Waals surface area (Å²) in [6.07, 6.45) is 5.56. The number of sulfonamides is 1. The fourth-order valence-electron chi connectivity index (χ4n) is 3.03. The predicted molar refractivity (Wildman–Crippen MR) is 85.6 cm³/mol. The van der Waals surface area contributed by atoms with E-state index in [2.05, 4.69) is 17.0 Å². The average Bonchev–Trinajstić information content (AvgIpc) is 2.65. The van der Waals surface area contributed by atoms with Crippen molar-refractivity contribution in [3.05, 3.63) is 29.8 Å². The number of rotatable bonds is 5.